The minimum atomic E-state index is -3.95. The zero-order chi connectivity index (χ0) is 17.7. The van der Waals surface area contributed by atoms with Gasteiger partial charge in [-0.05, 0) is 30.5 Å². The highest BCUT2D eigenvalue weighted by atomic mass is 32.2. The summed E-state index contributed by atoms with van der Waals surface area (Å²) in [5.41, 5.74) is 1.32. The topological polar surface area (TPSA) is 72.8 Å². The maximum absolute atomic E-state index is 10.5. The van der Waals surface area contributed by atoms with Crippen molar-refractivity contribution in [2.45, 2.75) is 51.9 Å². The second kappa shape index (κ2) is 12.3. The van der Waals surface area contributed by atoms with Crippen LogP contribution >= 0.6 is 0 Å². The Kier molecular flexibility index (Phi) is 10.7. The van der Waals surface area contributed by atoms with Gasteiger partial charge in [0.1, 0.15) is 12.4 Å². The van der Waals surface area contributed by atoms with Crippen molar-refractivity contribution in [3.63, 3.8) is 0 Å². The number of hydrogen-bond acceptors (Lipinski definition) is 4. The molecule has 0 atom stereocenters. The van der Waals surface area contributed by atoms with E-state index in [1.807, 2.05) is 12.1 Å². The molecule has 0 aliphatic heterocycles. The van der Waals surface area contributed by atoms with E-state index < -0.39 is 10.1 Å². The average molecular weight is 358 g/mol. The molecule has 0 aliphatic rings. The zero-order valence-corrected chi connectivity index (χ0v) is 15.4. The van der Waals surface area contributed by atoms with Crippen molar-refractivity contribution in [3.05, 3.63) is 29.8 Å². The lowest BCUT2D eigenvalue weighted by Crippen LogP contribution is -2.14. The first kappa shape index (κ1) is 20.9. The molecule has 1 aromatic carbocycles. The SMILES string of the molecule is CCCCCCCCc1ccc(OCCOCCS(=O)(=O)O)cc1. The van der Waals surface area contributed by atoms with E-state index in [1.165, 1.54) is 44.1 Å². The van der Waals surface area contributed by atoms with Crippen LogP contribution in [0.4, 0.5) is 0 Å². The van der Waals surface area contributed by atoms with E-state index in [4.69, 9.17) is 14.0 Å². The fourth-order valence-electron chi connectivity index (χ4n) is 2.35. The first-order valence-corrected chi connectivity index (χ1v) is 10.4. The molecule has 5 nitrogen and oxygen atoms in total. The highest BCUT2D eigenvalue weighted by molar-refractivity contribution is 7.85. The predicted molar refractivity (Wildman–Crippen MR) is 96.3 cm³/mol. The van der Waals surface area contributed by atoms with Gasteiger partial charge in [0.15, 0.2) is 0 Å². The van der Waals surface area contributed by atoms with Crippen molar-refractivity contribution < 1.29 is 22.4 Å². The summed E-state index contributed by atoms with van der Waals surface area (Å²) in [4.78, 5) is 0. The highest BCUT2D eigenvalue weighted by Crippen LogP contribution is 2.15. The minimum Gasteiger partial charge on any atom is -0.491 e. The maximum atomic E-state index is 10.5. The van der Waals surface area contributed by atoms with Crippen LogP contribution in [0.2, 0.25) is 0 Å². The van der Waals surface area contributed by atoms with Gasteiger partial charge in [-0.15, -0.1) is 0 Å². The molecule has 0 heterocycles. The quantitative estimate of drug-likeness (QED) is 0.404. The van der Waals surface area contributed by atoms with Crippen molar-refractivity contribution in [2.75, 3.05) is 25.6 Å². The third kappa shape index (κ3) is 11.4. The third-order valence-corrected chi connectivity index (χ3v) is 4.41. The number of aryl methyl sites for hydroxylation is 1. The van der Waals surface area contributed by atoms with Gasteiger partial charge in [0.25, 0.3) is 10.1 Å². The molecule has 0 unspecified atom stereocenters. The van der Waals surface area contributed by atoms with Crippen LogP contribution in [0, 0.1) is 0 Å². The molecule has 1 N–H and O–H groups in total. The first-order chi connectivity index (χ1) is 11.5. The van der Waals surface area contributed by atoms with Crippen LogP contribution in [0.15, 0.2) is 24.3 Å². The molecule has 0 saturated heterocycles. The molecule has 0 saturated carbocycles. The van der Waals surface area contributed by atoms with Crippen LogP contribution in [-0.2, 0) is 21.3 Å². The van der Waals surface area contributed by atoms with E-state index in [2.05, 4.69) is 19.1 Å². The molecule has 1 aromatic rings. The Morgan fingerprint density at radius 3 is 2.25 bits per heavy atom. The first-order valence-electron chi connectivity index (χ1n) is 8.76. The molecule has 0 fully saturated rings. The lowest BCUT2D eigenvalue weighted by Gasteiger charge is -2.08. The van der Waals surface area contributed by atoms with Crippen LogP contribution in [-0.4, -0.2) is 38.5 Å². The Balaban J connectivity index is 2.09. The molecule has 0 radical (unpaired) electrons. The number of hydrogen-bond donors (Lipinski definition) is 1. The smallest absolute Gasteiger partial charge is 0.267 e. The summed E-state index contributed by atoms with van der Waals surface area (Å²) in [5.74, 6) is 0.389. The number of rotatable bonds is 14. The van der Waals surface area contributed by atoms with Gasteiger partial charge in [0.2, 0.25) is 0 Å². The third-order valence-electron chi connectivity index (χ3n) is 3.72. The molecule has 0 spiro atoms. The summed E-state index contributed by atoms with van der Waals surface area (Å²) < 4.78 is 40.2. The maximum Gasteiger partial charge on any atom is 0.267 e. The fraction of sp³-hybridized carbons (Fsp3) is 0.667. The summed E-state index contributed by atoms with van der Waals surface area (Å²) in [6.07, 6.45) is 8.91. The van der Waals surface area contributed by atoms with Gasteiger partial charge in [-0.1, -0.05) is 51.2 Å². The molecular formula is C18H30O5S. The Morgan fingerprint density at radius 1 is 0.917 bits per heavy atom. The molecular weight excluding hydrogens is 328 g/mol. The van der Waals surface area contributed by atoms with E-state index in [0.717, 1.165) is 12.2 Å². The Bertz CT molecular complexity index is 525. The van der Waals surface area contributed by atoms with Crippen molar-refractivity contribution in [1.82, 2.24) is 0 Å². The lowest BCUT2D eigenvalue weighted by atomic mass is 10.0. The van der Waals surface area contributed by atoms with Crippen LogP contribution in [0.1, 0.15) is 51.0 Å². The van der Waals surface area contributed by atoms with Crippen molar-refractivity contribution in [3.8, 4) is 5.75 Å². The molecule has 0 bridgehead atoms. The average Bonchev–Trinajstić information content (AvgIpc) is 2.54. The number of ether oxygens (including phenoxy) is 2. The lowest BCUT2D eigenvalue weighted by molar-refractivity contribution is 0.110. The largest absolute Gasteiger partial charge is 0.491 e. The summed E-state index contributed by atoms with van der Waals surface area (Å²) in [5, 5.41) is 0. The van der Waals surface area contributed by atoms with Crippen LogP contribution < -0.4 is 4.74 Å². The standard InChI is InChI=1S/C18H30O5S/c1-2-3-4-5-6-7-8-17-9-11-18(12-10-17)23-14-13-22-15-16-24(19,20)21/h9-12H,2-8,13-16H2,1H3,(H,19,20,21). The monoisotopic (exact) mass is 358 g/mol. The molecule has 0 aromatic heterocycles. The van der Waals surface area contributed by atoms with E-state index in [9.17, 15) is 8.42 Å². The molecule has 0 aliphatic carbocycles. The predicted octanol–water partition coefficient (Wildman–Crippen LogP) is 3.87. The number of benzene rings is 1. The summed E-state index contributed by atoms with van der Waals surface area (Å²) in [7, 11) is -3.95. The zero-order valence-electron chi connectivity index (χ0n) is 14.6. The van der Waals surface area contributed by atoms with E-state index >= 15 is 0 Å². The summed E-state index contributed by atoms with van der Waals surface area (Å²) >= 11 is 0. The van der Waals surface area contributed by atoms with E-state index in [-0.39, 0.29) is 19.0 Å². The fourth-order valence-corrected chi connectivity index (χ4v) is 2.68. The Morgan fingerprint density at radius 2 is 1.58 bits per heavy atom. The van der Waals surface area contributed by atoms with Gasteiger partial charge in [-0.25, -0.2) is 0 Å². The molecule has 24 heavy (non-hydrogen) atoms. The highest BCUT2D eigenvalue weighted by Gasteiger charge is 2.03. The second-order valence-electron chi connectivity index (χ2n) is 5.91. The second-order valence-corrected chi connectivity index (χ2v) is 7.48. The van der Waals surface area contributed by atoms with Crippen molar-refractivity contribution >= 4 is 10.1 Å². The summed E-state index contributed by atoms with van der Waals surface area (Å²) in [6, 6.07) is 8.07. The van der Waals surface area contributed by atoms with Gasteiger partial charge < -0.3 is 9.47 Å². The van der Waals surface area contributed by atoms with Gasteiger partial charge in [-0.2, -0.15) is 8.42 Å². The molecule has 6 heteroatoms. The van der Waals surface area contributed by atoms with Crippen molar-refractivity contribution in [2.24, 2.45) is 0 Å². The summed E-state index contributed by atoms with van der Waals surface area (Å²) in [6.45, 7) is 2.84. The van der Waals surface area contributed by atoms with E-state index in [0.29, 0.717) is 6.61 Å². The van der Waals surface area contributed by atoms with Crippen LogP contribution in [0.5, 0.6) is 5.75 Å². The van der Waals surface area contributed by atoms with Crippen LogP contribution in [0.25, 0.3) is 0 Å². The normalized spacial score (nSPS) is 11.6. The molecule has 0 amide bonds. The van der Waals surface area contributed by atoms with Crippen molar-refractivity contribution in [1.29, 1.82) is 0 Å². The van der Waals surface area contributed by atoms with Gasteiger partial charge >= 0.3 is 0 Å². The minimum absolute atomic E-state index is 0.0284. The Hall–Kier alpha value is -1.11. The molecule has 1 rings (SSSR count). The molecule has 138 valence electrons. The van der Waals surface area contributed by atoms with Crippen LogP contribution in [0.3, 0.4) is 0 Å². The Labute approximate surface area is 146 Å². The van der Waals surface area contributed by atoms with Gasteiger partial charge in [-0.3, -0.25) is 4.55 Å². The van der Waals surface area contributed by atoms with Gasteiger partial charge in [0.05, 0.1) is 19.0 Å². The number of unbranched alkanes of at least 4 members (excludes halogenated alkanes) is 5. The van der Waals surface area contributed by atoms with Gasteiger partial charge in [0, 0.05) is 0 Å². The van der Waals surface area contributed by atoms with E-state index in [1.54, 1.807) is 0 Å².